The Morgan fingerprint density at radius 2 is 1.89 bits per heavy atom. The lowest BCUT2D eigenvalue weighted by Crippen LogP contribution is -2.17. The minimum Gasteiger partial charge on any atom is -0.383 e. The molecule has 1 amide bonds. The van der Waals surface area contributed by atoms with Gasteiger partial charge in [0.15, 0.2) is 0 Å². The maximum absolute atomic E-state index is 11.3. The highest BCUT2D eigenvalue weighted by Crippen LogP contribution is 2.15. The third kappa shape index (κ3) is 5.19. The van der Waals surface area contributed by atoms with Crippen LogP contribution in [0.15, 0.2) is 24.3 Å². The topological polar surface area (TPSA) is 50.4 Å². The number of methoxy groups -OCH3 is 1. The summed E-state index contributed by atoms with van der Waals surface area (Å²) in [6, 6.07) is 8.16. The number of hydrogen-bond acceptors (Lipinski definition) is 3. The molecule has 100 valence electrons. The lowest BCUT2D eigenvalue weighted by molar-refractivity contribution is -0.119. The molecule has 1 atom stereocenters. The smallest absolute Gasteiger partial charge is 0.250 e. The summed E-state index contributed by atoms with van der Waals surface area (Å²) in [7, 11) is 1.50. The molecule has 0 aliphatic carbocycles. The Balaban J connectivity index is 2.49. The molecule has 18 heavy (non-hydrogen) atoms. The summed E-state index contributed by atoms with van der Waals surface area (Å²) in [5, 5.41) is 6.17. The first-order valence-electron chi connectivity index (χ1n) is 6.31. The summed E-state index contributed by atoms with van der Waals surface area (Å²) < 4.78 is 4.75. The molecule has 0 aromatic heterocycles. The van der Waals surface area contributed by atoms with Crippen LogP contribution in [0.2, 0.25) is 0 Å². The van der Waals surface area contributed by atoms with Crippen LogP contribution in [0.3, 0.4) is 0 Å². The van der Waals surface area contributed by atoms with Gasteiger partial charge in [0.1, 0.15) is 6.61 Å². The molecule has 0 aliphatic rings. The molecule has 4 heteroatoms. The van der Waals surface area contributed by atoms with Crippen molar-refractivity contribution in [2.24, 2.45) is 0 Å². The van der Waals surface area contributed by atoms with Crippen LogP contribution in [0.5, 0.6) is 0 Å². The maximum Gasteiger partial charge on any atom is 0.250 e. The number of carbonyl (C=O) groups excluding carboxylic acids is 1. The molecule has 0 bridgehead atoms. The van der Waals surface area contributed by atoms with Crippen LogP contribution in [0, 0.1) is 0 Å². The molecule has 1 aromatic rings. The summed E-state index contributed by atoms with van der Waals surface area (Å²) in [4.78, 5) is 11.3. The van der Waals surface area contributed by atoms with Crippen molar-refractivity contribution in [2.45, 2.75) is 32.7 Å². The number of benzene rings is 1. The van der Waals surface area contributed by atoms with Gasteiger partial charge < -0.3 is 15.4 Å². The van der Waals surface area contributed by atoms with Crippen LogP contribution in [-0.2, 0) is 9.53 Å². The number of nitrogens with one attached hydrogen (secondary N) is 2. The molecule has 0 heterocycles. The van der Waals surface area contributed by atoms with Gasteiger partial charge in [-0.25, -0.2) is 0 Å². The Morgan fingerprint density at radius 1 is 1.28 bits per heavy atom. The Bertz CT molecular complexity index is 363. The monoisotopic (exact) mass is 250 g/mol. The van der Waals surface area contributed by atoms with Gasteiger partial charge in [-0.15, -0.1) is 0 Å². The fourth-order valence-corrected chi connectivity index (χ4v) is 1.77. The van der Waals surface area contributed by atoms with E-state index in [1.165, 1.54) is 13.5 Å². The van der Waals surface area contributed by atoms with Crippen LogP contribution in [-0.4, -0.2) is 25.7 Å². The minimum absolute atomic E-state index is 0.0769. The predicted molar refractivity (Wildman–Crippen MR) is 74.9 cm³/mol. The largest absolute Gasteiger partial charge is 0.383 e. The first-order chi connectivity index (χ1) is 8.65. The number of amides is 1. The molecule has 0 aliphatic heterocycles. The van der Waals surface area contributed by atoms with Gasteiger partial charge in [-0.3, -0.25) is 4.79 Å². The van der Waals surface area contributed by atoms with Crippen molar-refractivity contribution in [1.82, 2.24) is 0 Å². The molecular formula is C14H22N2O2. The fraction of sp³-hybridized carbons (Fsp3) is 0.500. The van der Waals surface area contributed by atoms with Gasteiger partial charge >= 0.3 is 0 Å². The van der Waals surface area contributed by atoms with E-state index in [2.05, 4.69) is 24.5 Å². The molecule has 0 saturated carbocycles. The summed E-state index contributed by atoms with van der Waals surface area (Å²) in [5.74, 6) is -0.141. The van der Waals surface area contributed by atoms with Gasteiger partial charge in [-0.05, 0) is 37.6 Å². The van der Waals surface area contributed by atoms with E-state index in [9.17, 15) is 4.79 Å². The molecular weight excluding hydrogens is 228 g/mol. The molecule has 4 nitrogen and oxygen atoms in total. The number of carbonyl (C=O) groups is 1. The second-order valence-corrected chi connectivity index (χ2v) is 4.39. The van der Waals surface area contributed by atoms with E-state index in [4.69, 9.17) is 4.74 Å². The molecule has 0 spiro atoms. The van der Waals surface area contributed by atoms with Crippen LogP contribution < -0.4 is 10.6 Å². The van der Waals surface area contributed by atoms with Gasteiger partial charge in [0.05, 0.1) is 0 Å². The molecule has 1 rings (SSSR count). The molecule has 0 fully saturated rings. The van der Waals surface area contributed by atoms with Crippen LogP contribution in [0.4, 0.5) is 11.4 Å². The number of hydrogen-bond donors (Lipinski definition) is 2. The zero-order chi connectivity index (χ0) is 13.4. The lowest BCUT2D eigenvalue weighted by atomic mass is 10.2. The number of ether oxygens (including phenoxy) is 1. The molecule has 0 saturated heterocycles. The van der Waals surface area contributed by atoms with Gasteiger partial charge in [-0.1, -0.05) is 13.3 Å². The highest BCUT2D eigenvalue weighted by molar-refractivity contribution is 5.91. The zero-order valence-electron chi connectivity index (χ0n) is 11.3. The number of anilines is 2. The van der Waals surface area contributed by atoms with Crippen molar-refractivity contribution in [2.75, 3.05) is 24.4 Å². The van der Waals surface area contributed by atoms with E-state index < -0.39 is 0 Å². The molecule has 1 aromatic carbocycles. The standard InChI is InChI=1S/C14H22N2O2/c1-4-5-11(2)15-12-6-8-13(9-7-12)16-14(17)10-18-3/h6-9,11,15H,4-5,10H2,1-3H3,(H,16,17). The van der Waals surface area contributed by atoms with E-state index in [1.54, 1.807) is 0 Å². The second-order valence-electron chi connectivity index (χ2n) is 4.39. The highest BCUT2D eigenvalue weighted by Gasteiger charge is 2.03. The first-order valence-corrected chi connectivity index (χ1v) is 6.31. The fourth-order valence-electron chi connectivity index (χ4n) is 1.77. The van der Waals surface area contributed by atoms with Crippen molar-refractivity contribution in [3.05, 3.63) is 24.3 Å². The van der Waals surface area contributed by atoms with Crippen LogP contribution in [0.25, 0.3) is 0 Å². The zero-order valence-corrected chi connectivity index (χ0v) is 11.3. The maximum atomic E-state index is 11.3. The van der Waals surface area contributed by atoms with Crippen LogP contribution in [0.1, 0.15) is 26.7 Å². The van der Waals surface area contributed by atoms with Crippen molar-refractivity contribution in [1.29, 1.82) is 0 Å². The predicted octanol–water partition coefficient (Wildman–Crippen LogP) is 2.87. The van der Waals surface area contributed by atoms with Crippen LogP contribution >= 0.6 is 0 Å². The van der Waals surface area contributed by atoms with Crippen molar-refractivity contribution in [3.8, 4) is 0 Å². The lowest BCUT2D eigenvalue weighted by Gasteiger charge is -2.14. The SMILES string of the molecule is CCCC(C)Nc1ccc(NC(=O)COC)cc1. The van der Waals surface area contributed by atoms with E-state index in [0.29, 0.717) is 6.04 Å². The Hall–Kier alpha value is -1.55. The Kier molecular flexibility index (Phi) is 6.22. The average Bonchev–Trinajstić information content (AvgIpc) is 2.32. The van der Waals surface area contributed by atoms with Gasteiger partial charge in [0, 0.05) is 24.5 Å². The quantitative estimate of drug-likeness (QED) is 0.782. The van der Waals surface area contributed by atoms with E-state index in [-0.39, 0.29) is 12.5 Å². The van der Waals surface area contributed by atoms with Gasteiger partial charge in [0.25, 0.3) is 0 Å². The molecule has 2 N–H and O–H groups in total. The van der Waals surface area contributed by atoms with E-state index >= 15 is 0 Å². The summed E-state index contributed by atoms with van der Waals surface area (Å²) in [6.45, 7) is 4.41. The highest BCUT2D eigenvalue weighted by atomic mass is 16.5. The second kappa shape index (κ2) is 7.71. The first kappa shape index (κ1) is 14.5. The van der Waals surface area contributed by atoms with Crippen molar-refractivity contribution < 1.29 is 9.53 Å². The van der Waals surface area contributed by atoms with Gasteiger partial charge in [-0.2, -0.15) is 0 Å². The van der Waals surface area contributed by atoms with E-state index in [0.717, 1.165) is 17.8 Å². The Morgan fingerprint density at radius 3 is 2.44 bits per heavy atom. The van der Waals surface area contributed by atoms with Crippen molar-refractivity contribution >= 4 is 17.3 Å². The average molecular weight is 250 g/mol. The van der Waals surface area contributed by atoms with E-state index in [1.807, 2.05) is 24.3 Å². The van der Waals surface area contributed by atoms with Crippen molar-refractivity contribution in [3.63, 3.8) is 0 Å². The normalized spacial score (nSPS) is 11.9. The third-order valence-corrected chi connectivity index (χ3v) is 2.58. The summed E-state index contributed by atoms with van der Waals surface area (Å²) in [6.07, 6.45) is 2.31. The van der Waals surface area contributed by atoms with Gasteiger partial charge in [0.2, 0.25) is 5.91 Å². The Labute approximate surface area is 109 Å². The molecule has 0 radical (unpaired) electrons. The summed E-state index contributed by atoms with van der Waals surface area (Å²) >= 11 is 0. The number of rotatable bonds is 7. The molecule has 1 unspecified atom stereocenters. The third-order valence-electron chi connectivity index (χ3n) is 2.58. The summed E-state index contributed by atoms with van der Waals surface area (Å²) in [5.41, 5.74) is 1.85. The minimum atomic E-state index is -0.141.